The molecule has 5 nitrogen and oxygen atoms in total. The maximum Gasteiger partial charge on any atom is 0.160 e. The maximum atomic E-state index is 10.0. The van der Waals surface area contributed by atoms with Gasteiger partial charge in [-0.3, -0.25) is 4.79 Å². The van der Waals surface area contributed by atoms with Crippen LogP contribution >= 0.6 is 11.3 Å². The molecule has 21 heavy (non-hydrogen) atoms. The number of carbonyl (C=O) groups is 2. The van der Waals surface area contributed by atoms with Gasteiger partial charge in [-0.15, -0.1) is 11.3 Å². The van der Waals surface area contributed by atoms with Gasteiger partial charge in [0.05, 0.1) is 18.1 Å². The van der Waals surface area contributed by atoms with E-state index in [9.17, 15) is 9.59 Å². The molecule has 1 aromatic heterocycles. The molecule has 2 heterocycles. The summed E-state index contributed by atoms with van der Waals surface area (Å²) in [6.07, 6.45) is 2.39. The zero-order valence-electron chi connectivity index (χ0n) is 13.1. The summed E-state index contributed by atoms with van der Waals surface area (Å²) in [5, 5.41) is 2.84. The first-order valence-electron chi connectivity index (χ1n) is 7.00. The van der Waals surface area contributed by atoms with E-state index in [1.807, 2.05) is 26.1 Å². The lowest BCUT2D eigenvalue weighted by Crippen LogP contribution is -2.32. The first-order valence-corrected chi connectivity index (χ1v) is 7.81. The van der Waals surface area contributed by atoms with Gasteiger partial charge in [0.1, 0.15) is 6.29 Å². The van der Waals surface area contributed by atoms with Gasteiger partial charge in [-0.2, -0.15) is 0 Å². The lowest BCUT2D eigenvalue weighted by molar-refractivity contribution is -0.107. The predicted molar refractivity (Wildman–Crippen MR) is 87.4 cm³/mol. The maximum absolute atomic E-state index is 10.0. The molecule has 0 amide bonds. The summed E-state index contributed by atoms with van der Waals surface area (Å²) in [6.45, 7) is 6.80. The minimum absolute atomic E-state index is 0.622. The molecule has 1 aromatic rings. The van der Waals surface area contributed by atoms with Crippen molar-refractivity contribution in [2.45, 2.75) is 13.3 Å². The van der Waals surface area contributed by atoms with Crippen molar-refractivity contribution in [3.05, 3.63) is 21.9 Å². The summed E-state index contributed by atoms with van der Waals surface area (Å²) in [5.41, 5.74) is 0. The van der Waals surface area contributed by atoms with Crippen LogP contribution in [0.2, 0.25) is 0 Å². The Labute approximate surface area is 131 Å². The molecule has 0 spiro atoms. The van der Waals surface area contributed by atoms with Crippen LogP contribution < -0.4 is 5.32 Å². The van der Waals surface area contributed by atoms with Crippen LogP contribution in [0.5, 0.6) is 0 Å². The summed E-state index contributed by atoms with van der Waals surface area (Å²) in [4.78, 5) is 23.8. The van der Waals surface area contributed by atoms with Crippen LogP contribution in [0.25, 0.3) is 0 Å². The Morgan fingerprint density at radius 1 is 1.33 bits per heavy atom. The Morgan fingerprint density at radius 3 is 2.24 bits per heavy atom. The zero-order chi connectivity index (χ0) is 15.9. The average Bonchev–Trinajstić information content (AvgIpc) is 2.93. The van der Waals surface area contributed by atoms with Crippen molar-refractivity contribution in [2.24, 2.45) is 0 Å². The van der Waals surface area contributed by atoms with Crippen molar-refractivity contribution in [1.29, 1.82) is 0 Å². The standard InChI is InChI=1S/C6H6OS.C5H11NO.C4H9NO/c1-5-2-3-6(4-7)8-5;1-6-2-4-7-5-3-6;1-5-3-2-4-6/h2-4H,1H3;2-5H2,1H3;4-5H,2-3H2,1H3. The predicted octanol–water partition coefficient (Wildman–Crippen LogP) is 1.61. The molecule has 0 radical (unpaired) electrons. The number of carbonyl (C=O) groups excluding carboxylic acids is 2. The summed E-state index contributed by atoms with van der Waals surface area (Å²) in [6, 6.07) is 3.77. The number of hydrogen-bond donors (Lipinski definition) is 1. The number of morpholine rings is 1. The molecular formula is C15H26N2O3S. The van der Waals surface area contributed by atoms with Crippen LogP contribution in [0.3, 0.4) is 0 Å². The number of rotatable bonds is 4. The van der Waals surface area contributed by atoms with E-state index >= 15 is 0 Å². The average molecular weight is 314 g/mol. The second kappa shape index (κ2) is 13.9. The minimum atomic E-state index is 0.622. The molecule has 0 aromatic carbocycles. The number of nitrogens with zero attached hydrogens (tertiary/aromatic N) is 1. The first-order chi connectivity index (χ1) is 10.1. The monoisotopic (exact) mass is 314 g/mol. The highest BCUT2D eigenvalue weighted by atomic mass is 32.1. The quantitative estimate of drug-likeness (QED) is 0.676. The Kier molecular flexibility index (Phi) is 13.2. The Morgan fingerprint density at radius 2 is 2.00 bits per heavy atom. The third kappa shape index (κ3) is 12.4. The molecule has 0 saturated carbocycles. The van der Waals surface area contributed by atoms with Crippen molar-refractivity contribution in [2.75, 3.05) is 46.9 Å². The number of aldehydes is 2. The van der Waals surface area contributed by atoms with Crippen molar-refractivity contribution < 1.29 is 14.3 Å². The van der Waals surface area contributed by atoms with Gasteiger partial charge in [0.2, 0.25) is 0 Å². The van der Waals surface area contributed by atoms with Crippen LogP contribution in [0.15, 0.2) is 12.1 Å². The second-order valence-electron chi connectivity index (χ2n) is 4.54. The Hall–Kier alpha value is -1.08. The number of thiophene rings is 1. The molecule has 1 N–H and O–H groups in total. The van der Waals surface area contributed by atoms with E-state index in [0.29, 0.717) is 6.42 Å². The molecular weight excluding hydrogens is 288 g/mol. The van der Waals surface area contributed by atoms with Gasteiger partial charge >= 0.3 is 0 Å². The van der Waals surface area contributed by atoms with Crippen molar-refractivity contribution >= 4 is 23.9 Å². The lowest BCUT2D eigenvalue weighted by atomic mass is 10.5. The number of ether oxygens (including phenoxy) is 1. The van der Waals surface area contributed by atoms with E-state index in [1.165, 1.54) is 16.2 Å². The van der Waals surface area contributed by atoms with Crippen LogP contribution in [-0.2, 0) is 9.53 Å². The molecule has 1 fully saturated rings. The topological polar surface area (TPSA) is 58.6 Å². The first kappa shape index (κ1) is 19.9. The molecule has 1 aliphatic heterocycles. The molecule has 1 aliphatic rings. The molecule has 0 bridgehead atoms. The number of likely N-dealkylation sites (N-methyl/N-ethyl adjacent to an activating group) is 1. The Bertz CT molecular complexity index is 377. The fraction of sp³-hybridized carbons (Fsp3) is 0.600. The zero-order valence-corrected chi connectivity index (χ0v) is 13.9. The van der Waals surface area contributed by atoms with E-state index in [4.69, 9.17) is 4.74 Å². The van der Waals surface area contributed by atoms with Gasteiger partial charge in [-0.25, -0.2) is 0 Å². The largest absolute Gasteiger partial charge is 0.379 e. The van der Waals surface area contributed by atoms with E-state index in [0.717, 1.165) is 50.3 Å². The molecule has 0 atom stereocenters. The SMILES string of the molecule is CN1CCOCC1.CNCCC=O.Cc1ccc(C=O)s1. The molecule has 0 aliphatic carbocycles. The fourth-order valence-electron chi connectivity index (χ4n) is 1.37. The van der Waals surface area contributed by atoms with E-state index < -0.39 is 0 Å². The fourth-order valence-corrected chi connectivity index (χ4v) is 2.07. The van der Waals surface area contributed by atoms with Crippen LogP contribution in [0.4, 0.5) is 0 Å². The third-order valence-electron chi connectivity index (χ3n) is 2.62. The smallest absolute Gasteiger partial charge is 0.160 e. The van der Waals surface area contributed by atoms with Crippen molar-refractivity contribution in [3.63, 3.8) is 0 Å². The molecule has 1 saturated heterocycles. The van der Waals surface area contributed by atoms with Gasteiger partial charge in [0.25, 0.3) is 0 Å². The van der Waals surface area contributed by atoms with Gasteiger partial charge in [-0.1, -0.05) is 0 Å². The van der Waals surface area contributed by atoms with E-state index in [2.05, 4.69) is 17.3 Å². The molecule has 6 heteroatoms. The van der Waals surface area contributed by atoms with Crippen molar-refractivity contribution in [3.8, 4) is 0 Å². The normalized spacial score (nSPS) is 14.2. The van der Waals surface area contributed by atoms with Gasteiger partial charge in [0, 0.05) is 30.9 Å². The molecule has 0 unspecified atom stereocenters. The van der Waals surface area contributed by atoms with Gasteiger partial charge in [0.15, 0.2) is 6.29 Å². The summed E-state index contributed by atoms with van der Waals surface area (Å²) < 4.78 is 5.10. The summed E-state index contributed by atoms with van der Waals surface area (Å²) >= 11 is 1.52. The minimum Gasteiger partial charge on any atom is -0.379 e. The van der Waals surface area contributed by atoms with E-state index in [-0.39, 0.29) is 0 Å². The van der Waals surface area contributed by atoms with Crippen LogP contribution in [0.1, 0.15) is 21.0 Å². The number of aryl methyl sites for hydroxylation is 1. The highest BCUT2D eigenvalue weighted by Gasteiger charge is 2.02. The number of nitrogens with one attached hydrogen (secondary N) is 1. The Balaban J connectivity index is 0.000000290. The molecule has 120 valence electrons. The highest BCUT2D eigenvalue weighted by molar-refractivity contribution is 7.13. The van der Waals surface area contributed by atoms with E-state index in [1.54, 1.807) is 0 Å². The lowest BCUT2D eigenvalue weighted by Gasteiger charge is -2.21. The summed E-state index contributed by atoms with van der Waals surface area (Å²) in [5.74, 6) is 0. The third-order valence-corrected chi connectivity index (χ3v) is 3.55. The van der Waals surface area contributed by atoms with Gasteiger partial charge in [-0.05, 0) is 33.2 Å². The van der Waals surface area contributed by atoms with Crippen LogP contribution in [0, 0.1) is 6.92 Å². The second-order valence-corrected chi connectivity index (χ2v) is 5.86. The number of hydrogen-bond acceptors (Lipinski definition) is 6. The summed E-state index contributed by atoms with van der Waals surface area (Å²) in [7, 11) is 3.94. The molecule has 2 rings (SSSR count). The van der Waals surface area contributed by atoms with Gasteiger partial charge < -0.3 is 19.7 Å². The van der Waals surface area contributed by atoms with Crippen molar-refractivity contribution in [1.82, 2.24) is 10.2 Å². The highest BCUT2D eigenvalue weighted by Crippen LogP contribution is 2.11. The van der Waals surface area contributed by atoms with Crippen LogP contribution in [-0.4, -0.2) is 64.4 Å².